The first-order valence-corrected chi connectivity index (χ1v) is 7.44. The number of nitrogens with one attached hydrogen (secondary N) is 1. The third-order valence-corrected chi connectivity index (χ3v) is 4.24. The summed E-state index contributed by atoms with van der Waals surface area (Å²) in [5.41, 5.74) is 0.649. The quantitative estimate of drug-likeness (QED) is 0.821. The van der Waals surface area contributed by atoms with Gasteiger partial charge in [0.05, 0.1) is 4.90 Å². The Hall–Kier alpha value is -0.880. The Morgan fingerprint density at radius 3 is 2.22 bits per heavy atom. The molecule has 1 rings (SSSR count). The molecule has 0 spiro atoms. The average Bonchev–Trinajstić information content (AvgIpc) is 2.36. The van der Waals surface area contributed by atoms with Gasteiger partial charge < -0.3 is 5.32 Å². The SMILES string of the molecule is CCC(CCl)Nc1ccc(S(=O)(=O)C(F)F)cc1. The van der Waals surface area contributed by atoms with Crippen molar-refractivity contribution in [3.63, 3.8) is 0 Å². The lowest BCUT2D eigenvalue weighted by Gasteiger charge is -2.15. The van der Waals surface area contributed by atoms with Gasteiger partial charge in [0.2, 0.25) is 9.84 Å². The van der Waals surface area contributed by atoms with E-state index in [-0.39, 0.29) is 10.9 Å². The summed E-state index contributed by atoms with van der Waals surface area (Å²) in [4.78, 5) is -0.387. The fourth-order valence-corrected chi connectivity index (χ4v) is 2.35. The molecular weight excluding hydrogens is 284 g/mol. The van der Waals surface area contributed by atoms with Crippen LogP contribution in [0, 0.1) is 0 Å². The zero-order valence-corrected chi connectivity index (χ0v) is 11.3. The number of benzene rings is 1. The Kier molecular flexibility index (Phi) is 5.34. The maximum Gasteiger partial charge on any atom is 0.341 e. The van der Waals surface area contributed by atoms with Gasteiger partial charge in [0.25, 0.3) is 0 Å². The summed E-state index contributed by atoms with van der Waals surface area (Å²) < 4.78 is 47.0. The summed E-state index contributed by atoms with van der Waals surface area (Å²) in [6, 6.07) is 5.27. The lowest BCUT2D eigenvalue weighted by Crippen LogP contribution is -2.20. The molecule has 1 aromatic rings. The minimum absolute atomic E-state index is 0.0595. The van der Waals surface area contributed by atoms with E-state index in [9.17, 15) is 17.2 Å². The molecule has 0 aliphatic rings. The van der Waals surface area contributed by atoms with Crippen molar-refractivity contribution in [1.29, 1.82) is 0 Å². The summed E-state index contributed by atoms with van der Waals surface area (Å²) in [6.45, 7) is 1.95. The molecule has 0 saturated heterocycles. The topological polar surface area (TPSA) is 46.2 Å². The zero-order chi connectivity index (χ0) is 13.8. The van der Waals surface area contributed by atoms with E-state index >= 15 is 0 Å². The summed E-state index contributed by atoms with van der Waals surface area (Å²) in [5.74, 6) is -2.99. The Bertz CT molecular complexity index is 472. The van der Waals surface area contributed by atoms with Crippen molar-refractivity contribution in [2.45, 2.75) is 30.0 Å². The number of hydrogen-bond acceptors (Lipinski definition) is 3. The normalized spacial score (nSPS) is 13.6. The number of sulfone groups is 1. The van der Waals surface area contributed by atoms with Gasteiger partial charge in [-0.2, -0.15) is 8.78 Å². The fraction of sp³-hybridized carbons (Fsp3) is 0.455. The highest BCUT2D eigenvalue weighted by Crippen LogP contribution is 2.20. The highest BCUT2D eigenvalue weighted by molar-refractivity contribution is 7.91. The van der Waals surface area contributed by atoms with Gasteiger partial charge in [-0.15, -0.1) is 11.6 Å². The highest BCUT2D eigenvalue weighted by Gasteiger charge is 2.26. The van der Waals surface area contributed by atoms with Crippen LogP contribution < -0.4 is 5.32 Å². The summed E-state index contributed by atoms with van der Waals surface area (Å²) in [5, 5.41) is 3.07. The fourth-order valence-electron chi connectivity index (χ4n) is 1.33. The van der Waals surface area contributed by atoms with E-state index in [4.69, 9.17) is 11.6 Å². The number of rotatable bonds is 6. The van der Waals surface area contributed by atoms with Crippen molar-refractivity contribution < 1.29 is 17.2 Å². The minimum atomic E-state index is -4.52. The molecular formula is C11H14ClF2NO2S. The van der Waals surface area contributed by atoms with Crippen molar-refractivity contribution in [3.05, 3.63) is 24.3 Å². The molecule has 1 atom stereocenters. The van der Waals surface area contributed by atoms with Crippen LogP contribution in [-0.4, -0.2) is 26.1 Å². The number of hydrogen-bond donors (Lipinski definition) is 1. The third kappa shape index (κ3) is 3.55. The second-order valence-corrected chi connectivity index (χ2v) is 5.96. The predicted molar refractivity (Wildman–Crippen MR) is 68.1 cm³/mol. The van der Waals surface area contributed by atoms with E-state index in [1.165, 1.54) is 12.1 Å². The summed E-state index contributed by atoms with van der Waals surface area (Å²) in [6.07, 6.45) is 0.806. The van der Waals surface area contributed by atoms with Gasteiger partial charge >= 0.3 is 5.76 Å². The second-order valence-electron chi connectivity index (χ2n) is 3.73. The smallest absolute Gasteiger partial charge is 0.341 e. The largest absolute Gasteiger partial charge is 0.381 e. The molecule has 18 heavy (non-hydrogen) atoms. The second kappa shape index (κ2) is 6.33. The van der Waals surface area contributed by atoms with Crippen LogP contribution in [0.2, 0.25) is 0 Å². The van der Waals surface area contributed by atoms with Crippen LogP contribution in [0.3, 0.4) is 0 Å². The molecule has 0 saturated carbocycles. The lowest BCUT2D eigenvalue weighted by molar-refractivity contribution is 0.234. The molecule has 0 bridgehead atoms. The average molecular weight is 298 g/mol. The van der Waals surface area contributed by atoms with E-state index in [0.717, 1.165) is 18.6 Å². The molecule has 1 N–H and O–H groups in total. The van der Waals surface area contributed by atoms with Gasteiger partial charge in [-0.1, -0.05) is 6.92 Å². The third-order valence-electron chi connectivity index (χ3n) is 2.47. The molecule has 0 aliphatic carbocycles. The van der Waals surface area contributed by atoms with Gasteiger partial charge in [-0.3, -0.25) is 0 Å². The van der Waals surface area contributed by atoms with Gasteiger partial charge in [0, 0.05) is 17.6 Å². The first-order valence-electron chi connectivity index (χ1n) is 5.36. The van der Waals surface area contributed by atoms with Gasteiger partial charge in [0.1, 0.15) is 0 Å². The predicted octanol–water partition coefficient (Wildman–Crippen LogP) is 3.11. The Balaban J connectivity index is 2.87. The minimum Gasteiger partial charge on any atom is -0.381 e. The van der Waals surface area contributed by atoms with E-state index in [0.29, 0.717) is 11.6 Å². The van der Waals surface area contributed by atoms with Crippen LogP contribution in [0.15, 0.2) is 29.2 Å². The molecule has 0 heterocycles. The maximum atomic E-state index is 12.3. The maximum absolute atomic E-state index is 12.3. The molecule has 3 nitrogen and oxygen atoms in total. The number of anilines is 1. The van der Waals surface area contributed by atoms with Crippen LogP contribution >= 0.6 is 11.6 Å². The van der Waals surface area contributed by atoms with Crippen LogP contribution in [0.4, 0.5) is 14.5 Å². The number of alkyl halides is 3. The van der Waals surface area contributed by atoms with Crippen molar-refractivity contribution >= 4 is 27.1 Å². The van der Waals surface area contributed by atoms with Crippen molar-refractivity contribution in [3.8, 4) is 0 Å². The van der Waals surface area contributed by atoms with Crippen LogP contribution in [0.25, 0.3) is 0 Å². The Labute approximate surface area is 110 Å². The van der Waals surface area contributed by atoms with Gasteiger partial charge in [0.15, 0.2) is 0 Å². The van der Waals surface area contributed by atoms with E-state index in [1.807, 2.05) is 6.92 Å². The molecule has 7 heteroatoms. The van der Waals surface area contributed by atoms with E-state index in [2.05, 4.69) is 5.32 Å². The first-order chi connectivity index (χ1) is 8.41. The highest BCUT2D eigenvalue weighted by atomic mass is 35.5. The van der Waals surface area contributed by atoms with E-state index in [1.54, 1.807) is 0 Å². The molecule has 0 amide bonds. The van der Waals surface area contributed by atoms with Crippen LogP contribution in [0.5, 0.6) is 0 Å². The van der Waals surface area contributed by atoms with Crippen molar-refractivity contribution in [2.75, 3.05) is 11.2 Å². The summed E-state index contributed by atoms with van der Waals surface area (Å²) >= 11 is 5.71. The molecule has 0 radical (unpaired) electrons. The molecule has 1 aromatic carbocycles. The van der Waals surface area contributed by atoms with Crippen LogP contribution in [0.1, 0.15) is 13.3 Å². The van der Waals surface area contributed by atoms with Gasteiger partial charge in [-0.25, -0.2) is 8.42 Å². The molecule has 1 unspecified atom stereocenters. The zero-order valence-electron chi connectivity index (χ0n) is 9.74. The monoisotopic (exact) mass is 297 g/mol. The Morgan fingerprint density at radius 2 is 1.83 bits per heavy atom. The molecule has 102 valence electrons. The van der Waals surface area contributed by atoms with E-state index < -0.39 is 15.6 Å². The molecule has 0 fully saturated rings. The van der Waals surface area contributed by atoms with Crippen molar-refractivity contribution in [1.82, 2.24) is 0 Å². The summed E-state index contributed by atoms with van der Waals surface area (Å²) in [7, 11) is -4.52. The van der Waals surface area contributed by atoms with Gasteiger partial charge in [-0.05, 0) is 30.7 Å². The molecule has 0 aliphatic heterocycles. The van der Waals surface area contributed by atoms with Crippen molar-refractivity contribution in [2.24, 2.45) is 0 Å². The first kappa shape index (κ1) is 15.2. The Morgan fingerprint density at radius 1 is 1.28 bits per heavy atom. The standard InChI is InChI=1S/C11H14ClF2NO2S/c1-2-8(7-12)15-9-3-5-10(6-4-9)18(16,17)11(13)14/h3-6,8,11,15H,2,7H2,1H3. The number of halogens is 3. The van der Waals surface area contributed by atoms with Crippen LogP contribution in [-0.2, 0) is 9.84 Å². The molecule has 0 aromatic heterocycles. The lowest BCUT2D eigenvalue weighted by atomic mass is 10.2.